The third-order valence-corrected chi connectivity index (χ3v) is 3.23. The van der Waals surface area contributed by atoms with Crippen molar-refractivity contribution in [2.24, 2.45) is 0 Å². The van der Waals surface area contributed by atoms with E-state index in [9.17, 15) is 0 Å². The molecule has 102 valence electrons. The Labute approximate surface area is 121 Å². The van der Waals surface area contributed by atoms with Crippen molar-refractivity contribution in [3.63, 3.8) is 0 Å². The van der Waals surface area contributed by atoms with Crippen LogP contribution in [-0.4, -0.2) is 9.78 Å². The molecule has 5 heteroatoms. The maximum Gasteiger partial charge on any atom is 0.156 e. The summed E-state index contributed by atoms with van der Waals surface area (Å²) in [7, 11) is 0. The van der Waals surface area contributed by atoms with E-state index in [1.807, 2.05) is 43.3 Å². The molecular weight excluding hydrogens is 274 g/mol. The molecule has 0 aliphatic carbocycles. The monoisotopic (exact) mass is 287 g/mol. The third-order valence-electron chi connectivity index (χ3n) is 3.00. The summed E-state index contributed by atoms with van der Waals surface area (Å²) >= 11 is 5.98. The van der Waals surface area contributed by atoms with Gasteiger partial charge in [-0.25, -0.2) is 0 Å². The van der Waals surface area contributed by atoms with Crippen LogP contribution >= 0.6 is 11.6 Å². The highest BCUT2D eigenvalue weighted by atomic mass is 35.5. The van der Waals surface area contributed by atoms with Crippen LogP contribution in [0.2, 0.25) is 5.02 Å². The van der Waals surface area contributed by atoms with Gasteiger partial charge in [-0.2, -0.15) is 5.10 Å². The Morgan fingerprint density at radius 1 is 1.30 bits per heavy atom. The second kappa shape index (κ2) is 5.06. The number of hydrogen-bond donors (Lipinski definition) is 1. The predicted molar refractivity (Wildman–Crippen MR) is 79.6 cm³/mol. The highest BCUT2D eigenvalue weighted by Gasteiger charge is 2.12. The highest BCUT2D eigenvalue weighted by Crippen LogP contribution is 2.26. The zero-order valence-corrected chi connectivity index (χ0v) is 11.8. The minimum atomic E-state index is 0.598. The summed E-state index contributed by atoms with van der Waals surface area (Å²) in [4.78, 5) is 0. The van der Waals surface area contributed by atoms with E-state index in [0.717, 1.165) is 11.3 Å². The molecule has 3 rings (SSSR count). The molecule has 4 nitrogen and oxygen atoms in total. The van der Waals surface area contributed by atoms with E-state index < -0.39 is 0 Å². The molecule has 0 fully saturated rings. The minimum Gasteiger partial charge on any atom is -0.460 e. The van der Waals surface area contributed by atoms with Gasteiger partial charge in [-0.05, 0) is 36.8 Å². The Morgan fingerprint density at radius 2 is 2.15 bits per heavy atom. The number of anilines is 1. The number of hydrogen-bond acceptors (Lipinski definition) is 3. The molecule has 2 N–H and O–H groups in total. The third kappa shape index (κ3) is 2.56. The van der Waals surface area contributed by atoms with Gasteiger partial charge in [-0.3, -0.25) is 4.68 Å². The van der Waals surface area contributed by atoms with Crippen LogP contribution < -0.4 is 5.73 Å². The van der Waals surface area contributed by atoms with Gasteiger partial charge in [-0.1, -0.05) is 23.7 Å². The molecule has 0 aliphatic heterocycles. The topological polar surface area (TPSA) is 57.0 Å². The van der Waals surface area contributed by atoms with Gasteiger partial charge in [0.1, 0.15) is 5.76 Å². The fourth-order valence-corrected chi connectivity index (χ4v) is 2.31. The SMILES string of the molecule is Cc1ccc(-c2nn(Cc3cccc(Cl)c3)cc2N)o1. The standard InChI is InChI=1S/C15H14ClN3O/c1-10-5-6-14(20-10)15-13(17)9-19(18-15)8-11-3-2-4-12(16)7-11/h2-7,9H,8,17H2,1H3. The van der Waals surface area contributed by atoms with Crippen molar-refractivity contribution in [3.05, 3.63) is 58.9 Å². The van der Waals surface area contributed by atoms with Gasteiger partial charge in [0, 0.05) is 11.2 Å². The summed E-state index contributed by atoms with van der Waals surface area (Å²) in [5.41, 5.74) is 8.33. The van der Waals surface area contributed by atoms with Gasteiger partial charge < -0.3 is 10.2 Å². The number of benzene rings is 1. The van der Waals surface area contributed by atoms with E-state index in [-0.39, 0.29) is 0 Å². The summed E-state index contributed by atoms with van der Waals surface area (Å²) < 4.78 is 7.34. The van der Waals surface area contributed by atoms with Gasteiger partial charge in [-0.15, -0.1) is 0 Å². The largest absolute Gasteiger partial charge is 0.460 e. The van der Waals surface area contributed by atoms with Crippen molar-refractivity contribution in [3.8, 4) is 11.5 Å². The number of aromatic nitrogens is 2. The lowest BCUT2D eigenvalue weighted by molar-refractivity contribution is 0.544. The maximum atomic E-state index is 6.00. The average Bonchev–Trinajstić information content (AvgIpc) is 2.96. The van der Waals surface area contributed by atoms with Gasteiger partial charge in [0.05, 0.1) is 12.2 Å². The molecule has 0 bridgehead atoms. The molecule has 20 heavy (non-hydrogen) atoms. The van der Waals surface area contributed by atoms with Gasteiger partial charge in [0.2, 0.25) is 0 Å². The van der Waals surface area contributed by atoms with E-state index >= 15 is 0 Å². The van der Waals surface area contributed by atoms with Crippen LogP contribution in [0, 0.1) is 6.92 Å². The van der Waals surface area contributed by atoms with E-state index in [4.69, 9.17) is 21.8 Å². The summed E-state index contributed by atoms with van der Waals surface area (Å²) in [5.74, 6) is 1.52. The second-order valence-corrected chi connectivity index (χ2v) is 5.11. The highest BCUT2D eigenvalue weighted by molar-refractivity contribution is 6.30. The Balaban J connectivity index is 1.89. The summed E-state index contributed by atoms with van der Waals surface area (Å²) in [6.07, 6.45) is 1.80. The van der Waals surface area contributed by atoms with Crippen LogP contribution in [0.4, 0.5) is 5.69 Å². The maximum absolute atomic E-state index is 6.00. The molecule has 2 aromatic heterocycles. The van der Waals surface area contributed by atoms with Crippen molar-refractivity contribution >= 4 is 17.3 Å². The molecule has 0 amide bonds. The van der Waals surface area contributed by atoms with Crippen molar-refractivity contribution in [1.29, 1.82) is 0 Å². The summed E-state index contributed by atoms with van der Waals surface area (Å²) in [6, 6.07) is 11.4. The number of halogens is 1. The minimum absolute atomic E-state index is 0.598. The second-order valence-electron chi connectivity index (χ2n) is 4.67. The molecule has 0 radical (unpaired) electrons. The molecule has 0 saturated carbocycles. The number of nitrogen functional groups attached to an aromatic ring is 1. The Bertz CT molecular complexity index is 745. The molecule has 0 atom stereocenters. The van der Waals surface area contributed by atoms with E-state index in [1.54, 1.807) is 10.9 Å². The molecule has 0 spiro atoms. The molecule has 1 aromatic carbocycles. The van der Waals surface area contributed by atoms with Gasteiger partial charge >= 0.3 is 0 Å². The molecular formula is C15H14ClN3O. The normalized spacial score (nSPS) is 10.9. The average molecular weight is 288 g/mol. The summed E-state index contributed by atoms with van der Waals surface area (Å²) in [6.45, 7) is 2.51. The summed E-state index contributed by atoms with van der Waals surface area (Å²) in [5, 5.41) is 5.19. The van der Waals surface area contributed by atoms with Gasteiger partial charge in [0.25, 0.3) is 0 Å². The molecule has 2 heterocycles. The van der Waals surface area contributed by atoms with Crippen LogP contribution in [0.25, 0.3) is 11.5 Å². The number of nitrogens with two attached hydrogens (primary N) is 1. The predicted octanol–water partition coefficient (Wildman–Crippen LogP) is 3.74. The first-order valence-electron chi connectivity index (χ1n) is 6.26. The fraction of sp³-hybridized carbons (Fsp3) is 0.133. The lowest BCUT2D eigenvalue weighted by Crippen LogP contribution is -2.00. The first-order valence-corrected chi connectivity index (χ1v) is 6.64. The Morgan fingerprint density at radius 3 is 2.85 bits per heavy atom. The smallest absolute Gasteiger partial charge is 0.156 e. The van der Waals surface area contributed by atoms with Crippen molar-refractivity contribution < 1.29 is 4.42 Å². The van der Waals surface area contributed by atoms with Crippen LogP contribution in [0.1, 0.15) is 11.3 Å². The van der Waals surface area contributed by atoms with Crippen molar-refractivity contribution in [2.75, 3.05) is 5.73 Å². The fourth-order valence-electron chi connectivity index (χ4n) is 2.09. The van der Waals surface area contributed by atoms with Crippen LogP contribution in [0.5, 0.6) is 0 Å². The molecule has 0 saturated heterocycles. The first kappa shape index (κ1) is 12.8. The van der Waals surface area contributed by atoms with E-state index in [1.165, 1.54) is 0 Å². The van der Waals surface area contributed by atoms with E-state index in [0.29, 0.717) is 28.7 Å². The zero-order valence-electron chi connectivity index (χ0n) is 11.0. The lowest BCUT2D eigenvalue weighted by Gasteiger charge is -2.01. The molecule has 0 aliphatic rings. The zero-order chi connectivity index (χ0) is 14.1. The van der Waals surface area contributed by atoms with Crippen LogP contribution in [0.3, 0.4) is 0 Å². The van der Waals surface area contributed by atoms with Crippen LogP contribution in [-0.2, 0) is 6.54 Å². The first-order chi connectivity index (χ1) is 9.61. The number of aryl methyl sites for hydroxylation is 1. The van der Waals surface area contributed by atoms with Crippen molar-refractivity contribution in [1.82, 2.24) is 9.78 Å². The molecule has 3 aromatic rings. The lowest BCUT2D eigenvalue weighted by atomic mass is 10.2. The van der Waals surface area contributed by atoms with Gasteiger partial charge in [0.15, 0.2) is 11.5 Å². The number of furan rings is 1. The number of rotatable bonds is 3. The quantitative estimate of drug-likeness (QED) is 0.798. The van der Waals surface area contributed by atoms with Crippen molar-refractivity contribution in [2.45, 2.75) is 13.5 Å². The van der Waals surface area contributed by atoms with Crippen LogP contribution in [0.15, 0.2) is 47.0 Å². The Hall–Kier alpha value is -2.20. The van der Waals surface area contributed by atoms with E-state index in [2.05, 4.69) is 5.10 Å². The number of nitrogens with zero attached hydrogens (tertiary/aromatic N) is 2. The molecule has 0 unspecified atom stereocenters. The Kier molecular flexibility index (Phi) is 3.24.